The molecule has 0 saturated carbocycles. The number of hydrogen-bond acceptors (Lipinski definition) is 7. The fraction of sp³-hybridized carbons (Fsp3) is 0.250. The van der Waals surface area contributed by atoms with Crippen LogP contribution in [0.5, 0.6) is 11.6 Å². The molecule has 2 aliphatic heterocycles. The highest BCUT2D eigenvalue weighted by Crippen LogP contribution is 2.35. The van der Waals surface area contributed by atoms with Crippen molar-refractivity contribution in [3.8, 4) is 11.6 Å². The molecule has 9 heteroatoms. The molecule has 0 radical (unpaired) electrons. The molecular weight excluding hydrogens is 458 g/mol. The SMILES string of the molecule is Cc1ccc(Oc2nc3ccccn3c(=O)c2/C=C2\SC(=S)N(C[C@H]3CCCO3)C2=O)cc1. The maximum absolute atomic E-state index is 13.3. The zero-order valence-electron chi connectivity index (χ0n) is 17.9. The van der Waals surface area contributed by atoms with Crippen LogP contribution in [0.2, 0.25) is 0 Å². The lowest BCUT2D eigenvalue weighted by atomic mass is 10.2. The molecule has 2 aromatic heterocycles. The summed E-state index contributed by atoms with van der Waals surface area (Å²) in [7, 11) is 0. The van der Waals surface area contributed by atoms with E-state index in [1.165, 1.54) is 22.2 Å². The molecule has 7 nitrogen and oxygen atoms in total. The number of nitrogens with zero attached hydrogens (tertiary/aromatic N) is 3. The molecule has 1 amide bonds. The second-order valence-corrected chi connectivity index (χ2v) is 9.58. The molecule has 4 heterocycles. The minimum absolute atomic E-state index is 0.0137. The van der Waals surface area contributed by atoms with Crippen LogP contribution in [0.15, 0.2) is 58.4 Å². The second-order valence-electron chi connectivity index (χ2n) is 7.91. The summed E-state index contributed by atoms with van der Waals surface area (Å²) in [6.07, 6.45) is 5.04. The Hall–Kier alpha value is -3.01. The van der Waals surface area contributed by atoms with Crippen molar-refractivity contribution in [2.45, 2.75) is 25.9 Å². The van der Waals surface area contributed by atoms with Gasteiger partial charge in [0.15, 0.2) is 0 Å². The topological polar surface area (TPSA) is 73.1 Å². The van der Waals surface area contributed by atoms with E-state index in [4.69, 9.17) is 21.7 Å². The lowest BCUT2D eigenvalue weighted by Gasteiger charge is -2.18. The first-order valence-corrected chi connectivity index (χ1v) is 11.8. The fourth-order valence-electron chi connectivity index (χ4n) is 3.78. The number of hydrogen-bond donors (Lipinski definition) is 0. The summed E-state index contributed by atoms with van der Waals surface area (Å²) < 4.78 is 13.6. The van der Waals surface area contributed by atoms with Crippen LogP contribution in [-0.4, -0.2) is 43.8 Å². The van der Waals surface area contributed by atoms with Crippen molar-refractivity contribution in [3.63, 3.8) is 0 Å². The predicted molar refractivity (Wildman–Crippen MR) is 132 cm³/mol. The fourth-order valence-corrected chi connectivity index (χ4v) is 5.04. The van der Waals surface area contributed by atoms with E-state index in [2.05, 4.69) is 4.98 Å². The number of aromatic nitrogens is 2. The summed E-state index contributed by atoms with van der Waals surface area (Å²) in [6, 6.07) is 12.7. The average molecular weight is 480 g/mol. The summed E-state index contributed by atoms with van der Waals surface area (Å²) in [4.78, 5) is 32.9. The maximum atomic E-state index is 13.3. The van der Waals surface area contributed by atoms with E-state index in [1.807, 2.05) is 31.2 Å². The molecule has 3 aromatic rings. The van der Waals surface area contributed by atoms with E-state index >= 15 is 0 Å². The standard InChI is InChI=1S/C24H21N3O4S2/c1-15-7-9-16(10-8-15)31-21-18(22(28)26-11-3-2-6-20(26)25-21)13-19-23(29)27(24(32)33-19)14-17-5-4-12-30-17/h2-3,6-11,13,17H,4-5,12,14H2,1H3/b19-13-/t17-/m1/s1. The van der Waals surface area contributed by atoms with Crippen LogP contribution in [0, 0.1) is 6.92 Å². The Morgan fingerprint density at radius 3 is 2.82 bits per heavy atom. The van der Waals surface area contributed by atoms with Crippen molar-refractivity contribution in [2.75, 3.05) is 13.2 Å². The highest BCUT2D eigenvalue weighted by atomic mass is 32.2. The van der Waals surface area contributed by atoms with E-state index in [9.17, 15) is 9.59 Å². The number of thiocarbonyl (C=S) groups is 1. The molecule has 0 N–H and O–H groups in total. The monoisotopic (exact) mass is 479 g/mol. The predicted octanol–water partition coefficient (Wildman–Crippen LogP) is 4.18. The van der Waals surface area contributed by atoms with Gasteiger partial charge >= 0.3 is 0 Å². The molecule has 0 unspecified atom stereocenters. The number of pyridine rings is 1. The van der Waals surface area contributed by atoms with Gasteiger partial charge in [-0.3, -0.25) is 18.9 Å². The van der Waals surface area contributed by atoms with E-state index < -0.39 is 0 Å². The summed E-state index contributed by atoms with van der Waals surface area (Å²) in [5, 5.41) is 0. The first-order valence-electron chi connectivity index (χ1n) is 10.6. The van der Waals surface area contributed by atoms with E-state index in [1.54, 1.807) is 29.3 Å². The number of amides is 1. The molecule has 2 aliphatic rings. The number of benzene rings is 1. The Labute approximate surface area is 200 Å². The van der Waals surface area contributed by atoms with Crippen LogP contribution in [0.3, 0.4) is 0 Å². The van der Waals surface area contributed by atoms with E-state index in [0.717, 1.165) is 18.4 Å². The second kappa shape index (κ2) is 9.09. The van der Waals surface area contributed by atoms with Crippen LogP contribution in [0.1, 0.15) is 24.0 Å². The molecule has 2 fully saturated rings. The molecule has 0 spiro atoms. The minimum atomic E-state index is -0.327. The highest BCUT2D eigenvalue weighted by Gasteiger charge is 2.35. The smallest absolute Gasteiger partial charge is 0.269 e. The van der Waals surface area contributed by atoms with Crippen molar-refractivity contribution in [1.29, 1.82) is 0 Å². The number of carbonyl (C=O) groups excluding carboxylic acids is 1. The van der Waals surface area contributed by atoms with Crippen molar-refractivity contribution < 1.29 is 14.3 Å². The van der Waals surface area contributed by atoms with Gasteiger partial charge in [-0.1, -0.05) is 47.7 Å². The minimum Gasteiger partial charge on any atom is -0.438 e. The highest BCUT2D eigenvalue weighted by molar-refractivity contribution is 8.26. The molecule has 0 bridgehead atoms. The Morgan fingerprint density at radius 2 is 2.06 bits per heavy atom. The molecule has 33 heavy (non-hydrogen) atoms. The number of rotatable bonds is 5. The largest absolute Gasteiger partial charge is 0.438 e. The molecule has 2 saturated heterocycles. The number of aryl methyl sites for hydroxylation is 1. The lowest BCUT2D eigenvalue weighted by molar-refractivity contribution is -0.123. The van der Waals surface area contributed by atoms with Crippen LogP contribution >= 0.6 is 24.0 Å². The molecule has 5 rings (SSSR count). The zero-order chi connectivity index (χ0) is 22.9. The van der Waals surface area contributed by atoms with Gasteiger partial charge in [-0.05, 0) is 50.1 Å². The lowest BCUT2D eigenvalue weighted by Crippen LogP contribution is -2.35. The van der Waals surface area contributed by atoms with Crippen molar-refractivity contribution in [3.05, 3.63) is 75.0 Å². The van der Waals surface area contributed by atoms with Crippen LogP contribution in [0.4, 0.5) is 0 Å². The third-order valence-corrected chi connectivity index (χ3v) is 6.91. The van der Waals surface area contributed by atoms with Gasteiger partial charge in [-0.15, -0.1) is 0 Å². The third kappa shape index (κ3) is 4.44. The van der Waals surface area contributed by atoms with Crippen molar-refractivity contribution in [1.82, 2.24) is 14.3 Å². The number of ether oxygens (including phenoxy) is 2. The summed E-state index contributed by atoms with van der Waals surface area (Å²) >= 11 is 6.62. The van der Waals surface area contributed by atoms with Crippen LogP contribution in [-0.2, 0) is 9.53 Å². The summed E-state index contributed by atoms with van der Waals surface area (Å²) in [5.74, 6) is 0.451. The van der Waals surface area contributed by atoms with Gasteiger partial charge in [0, 0.05) is 12.8 Å². The van der Waals surface area contributed by atoms with Gasteiger partial charge in [0.05, 0.1) is 17.6 Å². The van der Waals surface area contributed by atoms with Crippen molar-refractivity contribution in [2.24, 2.45) is 0 Å². The number of fused-ring (bicyclic) bond motifs is 1. The summed E-state index contributed by atoms with van der Waals surface area (Å²) in [6.45, 7) is 3.10. The number of thioether (sulfide) groups is 1. The Bertz CT molecular complexity index is 1330. The molecule has 0 aliphatic carbocycles. The Balaban J connectivity index is 1.54. The van der Waals surface area contributed by atoms with Gasteiger partial charge in [-0.2, -0.15) is 4.98 Å². The third-order valence-electron chi connectivity index (χ3n) is 5.53. The molecular formula is C24H21N3O4S2. The maximum Gasteiger partial charge on any atom is 0.269 e. The van der Waals surface area contributed by atoms with Gasteiger partial charge < -0.3 is 9.47 Å². The Morgan fingerprint density at radius 1 is 1.24 bits per heavy atom. The molecule has 1 atom stereocenters. The van der Waals surface area contributed by atoms with Crippen LogP contribution < -0.4 is 10.3 Å². The van der Waals surface area contributed by atoms with E-state index in [-0.39, 0.29) is 29.0 Å². The zero-order valence-corrected chi connectivity index (χ0v) is 19.5. The van der Waals surface area contributed by atoms with Gasteiger partial charge in [0.1, 0.15) is 21.3 Å². The first kappa shape index (κ1) is 21.8. The average Bonchev–Trinajstić information content (AvgIpc) is 3.42. The quantitative estimate of drug-likeness (QED) is 0.402. The van der Waals surface area contributed by atoms with Gasteiger partial charge in [0.2, 0.25) is 5.88 Å². The summed E-state index contributed by atoms with van der Waals surface area (Å²) in [5.41, 5.74) is 1.40. The Kier molecular flexibility index (Phi) is 6.01. The normalized spacial score (nSPS) is 19.7. The number of carbonyl (C=O) groups is 1. The van der Waals surface area contributed by atoms with Gasteiger partial charge in [-0.25, -0.2) is 0 Å². The van der Waals surface area contributed by atoms with Crippen molar-refractivity contribution >= 4 is 45.9 Å². The van der Waals surface area contributed by atoms with E-state index in [0.29, 0.717) is 33.8 Å². The molecule has 168 valence electrons. The van der Waals surface area contributed by atoms with Gasteiger partial charge in [0.25, 0.3) is 11.5 Å². The van der Waals surface area contributed by atoms with Crippen LogP contribution in [0.25, 0.3) is 11.7 Å². The molecule has 1 aromatic carbocycles. The first-order chi connectivity index (χ1) is 16.0.